The summed E-state index contributed by atoms with van der Waals surface area (Å²) in [6.45, 7) is 4.90. The lowest BCUT2D eigenvalue weighted by Gasteiger charge is -2.26. The highest BCUT2D eigenvalue weighted by Crippen LogP contribution is 2.32. The number of anilines is 1. The Balaban J connectivity index is 1.46. The van der Waals surface area contributed by atoms with E-state index in [-0.39, 0.29) is 17.6 Å². The normalized spacial score (nSPS) is 16.5. The van der Waals surface area contributed by atoms with Gasteiger partial charge in [-0.25, -0.2) is 9.18 Å². The van der Waals surface area contributed by atoms with Gasteiger partial charge in [0.1, 0.15) is 5.82 Å². The Morgan fingerprint density at radius 3 is 2.73 bits per heavy atom. The Hall–Kier alpha value is -3.38. The molecule has 7 heteroatoms. The van der Waals surface area contributed by atoms with Gasteiger partial charge in [0.2, 0.25) is 5.91 Å². The average Bonchev–Trinajstić information content (AvgIpc) is 2.97. The summed E-state index contributed by atoms with van der Waals surface area (Å²) >= 11 is 6.49. The Bertz CT molecular complexity index is 1360. The Kier molecular flexibility index (Phi) is 10.8. The molecule has 0 bridgehead atoms. The maximum atomic E-state index is 14.0. The van der Waals surface area contributed by atoms with Gasteiger partial charge in [0, 0.05) is 24.3 Å². The SMILES string of the molecule is Cc1cccc(CN(C)C(=O)C(CCCC2CCCOC(=O)Nc3ccc(F)cc3CC2)c2ccc(C)c(Cl)c2)c1. The first kappa shape index (κ1) is 30.6. The topological polar surface area (TPSA) is 58.6 Å². The molecule has 3 aromatic carbocycles. The van der Waals surface area contributed by atoms with Crippen molar-refractivity contribution in [2.24, 2.45) is 5.92 Å². The number of hydrogen-bond donors (Lipinski definition) is 1. The van der Waals surface area contributed by atoms with Crippen LogP contribution in [0, 0.1) is 25.6 Å². The van der Waals surface area contributed by atoms with Crippen molar-refractivity contribution in [1.82, 2.24) is 4.90 Å². The third kappa shape index (κ3) is 8.80. The van der Waals surface area contributed by atoms with Gasteiger partial charge in [-0.2, -0.15) is 0 Å². The van der Waals surface area contributed by atoms with Crippen molar-refractivity contribution in [3.05, 3.63) is 99.3 Å². The van der Waals surface area contributed by atoms with Crippen LogP contribution in [-0.4, -0.2) is 30.6 Å². The maximum absolute atomic E-state index is 14.0. The molecule has 3 aromatic rings. The van der Waals surface area contributed by atoms with Crippen molar-refractivity contribution in [2.45, 2.75) is 71.3 Å². The molecule has 0 radical (unpaired) electrons. The molecular formula is C34H40ClFN2O3. The summed E-state index contributed by atoms with van der Waals surface area (Å²) in [6, 6.07) is 18.6. The van der Waals surface area contributed by atoms with Gasteiger partial charge in [0.15, 0.2) is 0 Å². The number of carbonyl (C=O) groups is 2. The number of likely N-dealkylation sites (N-methyl/N-ethyl adjacent to an activating group) is 1. The average molecular weight is 579 g/mol. The van der Waals surface area contributed by atoms with Gasteiger partial charge in [-0.05, 0) is 98.4 Å². The molecule has 1 heterocycles. The van der Waals surface area contributed by atoms with Crippen molar-refractivity contribution in [3.63, 3.8) is 0 Å². The van der Waals surface area contributed by atoms with Crippen LogP contribution in [0.15, 0.2) is 60.7 Å². The Morgan fingerprint density at radius 2 is 1.95 bits per heavy atom. The standard InChI is InChI=1S/C34H40ClFN2O3/c1-23-7-4-9-26(19-23)22-38(3)33(39)30(27-14-12-24(2)31(35)21-27)11-5-8-25-10-6-18-41-34(40)37-32-17-16-29(36)20-28(32)15-13-25/h4,7,9,12,14,16-17,19-21,25,30H,5-6,8,10-11,13,15,18,22H2,1-3H3,(H,37,40). The van der Waals surface area contributed by atoms with Gasteiger partial charge in [0.25, 0.3) is 0 Å². The number of nitrogens with zero attached hydrogens (tertiary/aromatic N) is 1. The maximum Gasteiger partial charge on any atom is 0.411 e. The van der Waals surface area contributed by atoms with Crippen LogP contribution in [-0.2, 0) is 22.5 Å². The van der Waals surface area contributed by atoms with E-state index in [1.54, 1.807) is 6.07 Å². The summed E-state index contributed by atoms with van der Waals surface area (Å²) < 4.78 is 19.3. The van der Waals surface area contributed by atoms with Crippen LogP contribution >= 0.6 is 11.6 Å². The molecule has 5 nitrogen and oxygen atoms in total. The zero-order valence-electron chi connectivity index (χ0n) is 24.2. The van der Waals surface area contributed by atoms with Crippen molar-refractivity contribution in [3.8, 4) is 0 Å². The van der Waals surface area contributed by atoms with Crippen LogP contribution in [0.2, 0.25) is 5.02 Å². The van der Waals surface area contributed by atoms with Gasteiger partial charge < -0.3 is 9.64 Å². The van der Waals surface area contributed by atoms with Crippen molar-refractivity contribution < 1.29 is 18.7 Å². The van der Waals surface area contributed by atoms with Crippen molar-refractivity contribution >= 4 is 29.3 Å². The molecule has 0 aromatic heterocycles. The number of benzene rings is 3. The fraction of sp³-hybridized carbons (Fsp3) is 0.412. The molecule has 0 saturated heterocycles. The van der Waals surface area contributed by atoms with Crippen LogP contribution in [0.3, 0.4) is 0 Å². The zero-order chi connectivity index (χ0) is 29.4. The van der Waals surface area contributed by atoms with E-state index in [0.717, 1.165) is 54.4 Å². The number of cyclic esters (lactones) is 1. The van der Waals surface area contributed by atoms with Gasteiger partial charge in [0.05, 0.1) is 12.5 Å². The van der Waals surface area contributed by atoms with Crippen LogP contribution in [0.1, 0.15) is 72.3 Å². The second-order valence-corrected chi connectivity index (χ2v) is 11.7. The van der Waals surface area contributed by atoms with Crippen LogP contribution in [0.4, 0.5) is 14.9 Å². The minimum atomic E-state index is -0.510. The molecule has 0 aliphatic carbocycles. The summed E-state index contributed by atoms with van der Waals surface area (Å²) in [6.07, 6.45) is 5.17. The van der Waals surface area contributed by atoms with E-state index in [1.807, 2.05) is 49.2 Å². The monoisotopic (exact) mass is 578 g/mol. The number of rotatable bonds is 8. The summed E-state index contributed by atoms with van der Waals surface area (Å²) in [7, 11) is 1.86. The third-order valence-electron chi connectivity index (χ3n) is 8.00. The molecular weight excluding hydrogens is 539 g/mol. The van der Waals surface area contributed by atoms with E-state index in [2.05, 4.69) is 24.4 Å². The molecule has 2 atom stereocenters. The van der Waals surface area contributed by atoms with E-state index < -0.39 is 6.09 Å². The van der Waals surface area contributed by atoms with Gasteiger partial charge >= 0.3 is 6.09 Å². The summed E-state index contributed by atoms with van der Waals surface area (Å²) in [5.74, 6) is -0.176. The minimum Gasteiger partial charge on any atom is -0.449 e. The predicted molar refractivity (Wildman–Crippen MR) is 163 cm³/mol. The fourth-order valence-electron chi connectivity index (χ4n) is 5.66. The lowest BCUT2D eigenvalue weighted by atomic mass is 9.86. The number of carbonyl (C=O) groups excluding carboxylic acids is 2. The molecule has 0 saturated carbocycles. The largest absolute Gasteiger partial charge is 0.449 e. The smallest absolute Gasteiger partial charge is 0.411 e. The van der Waals surface area contributed by atoms with Crippen LogP contribution in [0.25, 0.3) is 0 Å². The first-order valence-corrected chi connectivity index (χ1v) is 14.9. The molecule has 41 heavy (non-hydrogen) atoms. The van der Waals surface area contributed by atoms with E-state index in [1.165, 1.54) is 17.7 Å². The van der Waals surface area contributed by atoms with E-state index in [4.69, 9.17) is 16.3 Å². The van der Waals surface area contributed by atoms with E-state index in [0.29, 0.717) is 42.6 Å². The number of nitrogens with one attached hydrogen (secondary N) is 1. The number of ether oxygens (including phenoxy) is 1. The number of amides is 2. The molecule has 1 N–H and O–H groups in total. The second kappa shape index (κ2) is 14.5. The lowest BCUT2D eigenvalue weighted by molar-refractivity contribution is -0.132. The molecule has 1 aliphatic rings. The molecule has 0 fully saturated rings. The molecule has 1 aliphatic heterocycles. The summed E-state index contributed by atoms with van der Waals surface area (Å²) in [4.78, 5) is 27.8. The van der Waals surface area contributed by atoms with Crippen LogP contribution < -0.4 is 5.32 Å². The quantitative estimate of drug-likeness (QED) is 0.291. The first-order valence-electron chi connectivity index (χ1n) is 14.5. The molecule has 2 amide bonds. The Labute approximate surface area is 248 Å². The Morgan fingerprint density at radius 1 is 1.12 bits per heavy atom. The fourth-order valence-corrected chi connectivity index (χ4v) is 5.85. The third-order valence-corrected chi connectivity index (χ3v) is 8.40. The highest BCUT2D eigenvalue weighted by Gasteiger charge is 2.25. The van der Waals surface area contributed by atoms with Crippen molar-refractivity contribution in [1.29, 1.82) is 0 Å². The number of aryl methyl sites for hydroxylation is 3. The second-order valence-electron chi connectivity index (χ2n) is 11.3. The summed E-state index contributed by atoms with van der Waals surface area (Å²) in [5, 5.41) is 3.41. The van der Waals surface area contributed by atoms with Gasteiger partial charge in [-0.1, -0.05) is 66.4 Å². The number of hydrogen-bond acceptors (Lipinski definition) is 3. The molecule has 218 valence electrons. The summed E-state index contributed by atoms with van der Waals surface area (Å²) in [5.41, 5.74) is 5.56. The predicted octanol–water partition coefficient (Wildman–Crippen LogP) is 8.60. The highest BCUT2D eigenvalue weighted by atomic mass is 35.5. The minimum absolute atomic E-state index is 0.0799. The lowest BCUT2D eigenvalue weighted by Crippen LogP contribution is -2.31. The highest BCUT2D eigenvalue weighted by molar-refractivity contribution is 6.31. The van der Waals surface area contributed by atoms with Crippen molar-refractivity contribution in [2.75, 3.05) is 19.0 Å². The molecule has 2 unspecified atom stereocenters. The van der Waals surface area contributed by atoms with Gasteiger partial charge in [-0.15, -0.1) is 0 Å². The first-order chi connectivity index (χ1) is 19.7. The zero-order valence-corrected chi connectivity index (χ0v) is 25.0. The van der Waals surface area contributed by atoms with E-state index in [9.17, 15) is 14.0 Å². The molecule has 4 rings (SSSR count). The van der Waals surface area contributed by atoms with Gasteiger partial charge in [-0.3, -0.25) is 10.1 Å². The number of fused-ring (bicyclic) bond motifs is 1. The van der Waals surface area contributed by atoms with E-state index >= 15 is 0 Å². The van der Waals surface area contributed by atoms with Crippen LogP contribution in [0.5, 0.6) is 0 Å². The number of halogens is 2. The molecule has 0 spiro atoms.